The second-order valence-corrected chi connectivity index (χ2v) is 4.22. The molecule has 0 atom stereocenters. The van der Waals surface area contributed by atoms with E-state index in [0.29, 0.717) is 5.56 Å². The molecule has 0 saturated carbocycles. The Morgan fingerprint density at radius 3 is 2.30 bits per heavy atom. The topological polar surface area (TPSA) is 96.2 Å². The van der Waals surface area contributed by atoms with Gasteiger partial charge in [-0.2, -0.15) is 5.26 Å². The Bertz CT molecular complexity index is 689. The minimum Gasteiger partial charge on any atom is -0.393 e. The summed E-state index contributed by atoms with van der Waals surface area (Å²) in [6.07, 6.45) is 0. The van der Waals surface area contributed by atoms with Crippen LogP contribution < -0.4 is 10.6 Å². The minimum atomic E-state index is -0.513. The molecule has 0 heterocycles. The maximum atomic E-state index is 10.7. The van der Waals surface area contributed by atoms with Gasteiger partial charge in [-0.3, -0.25) is 10.1 Å². The van der Waals surface area contributed by atoms with Gasteiger partial charge < -0.3 is 10.6 Å². The largest absolute Gasteiger partial charge is 0.393 e. The molecule has 2 N–H and O–H groups in total. The first-order valence-electron chi connectivity index (χ1n) is 5.80. The maximum Gasteiger partial charge on any atom is 0.292 e. The third-order valence-electron chi connectivity index (χ3n) is 2.98. The quantitative estimate of drug-likeness (QED) is 0.524. The number of nitriles is 1. The van der Waals surface area contributed by atoms with Crippen molar-refractivity contribution in [1.82, 2.24) is 0 Å². The molecule has 0 saturated heterocycles. The molecule has 20 heavy (non-hydrogen) atoms. The Hall–Kier alpha value is -3.07. The number of benzene rings is 2. The number of anilines is 3. The van der Waals surface area contributed by atoms with Crippen LogP contribution in [0.5, 0.6) is 0 Å². The minimum absolute atomic E-state index is 0.109. The second kappa shape index (κ2) is 5.28. The zero-order valence-electron chi connectivity index (χ0n) is 10.8. The molecule has 0 amide bonds. The standard InChI is InChI=1S/C14H12N4O2/c1-17(11-4-2-10(9-15)3-5-11)12-6-7-14(18(19)20)13(16)8-12/h2-8H,16H2,1H3. The van der Waals surface area contributed by atoms with E-state index in [2.05, 4.69) is 0 Å². The Morgan fingerprint density at radius 1 is 1.20 bits per heavy atom. The molecular formula is C14H12N4O2. The summed E-state index contributed by atoms with van der Waals surface area (Å²) < 4.78 is 0. The fourth-order valence-corrected chi connectivity index (χ4v) is 1.83. The van der Waals surface area contributed by atoms with Crippen molar-refractivity contribution in [2.75, 3.05) is 17.7 Å². The summed E-state index contributed by atoms with van der Waals surface area (Å²) in [5.41, 5.74) is 7.85. The van der Waals surface area contributed by atoms with Gasteiger partial charge in [-0.05, 0) is 36.4 Å². The molecule has 0 spiro atoms. The normalized spacial score (nSPS) is 9.80. The summed E-state index contributed by atoms with van der Waals surface area (Å²) in [5, 5.41) is 19.5. The smallest absolute Gasteiger partial charge is 0.292 e. The van der Waals surface area contributed by atoms with Gasteiger partial charge in [-0.15, -0.1) is 0 Å². The summed E-state index contributed by atoms with van der Waals surface area (Å²) in [6.45, 7) is 0. The predicted molar refractivity (Wildman–Crippen MR) is 76.7 cm³/mol. The van der Waals surface area contributed by atoms with E-state index in [1.807, 2.05) is 18.0 Å². The first kappa shape index (κ1) is 13.4. The molecule has 6 heteroatoms. The van der Waals surface area contributed by atoms with Crippen LogP contribution in [-0.4, -0.2) is 12.0 Å². The summed E-state index contributed by atoms with van der Waals surface area (Å²) in [5.74, 6) is 0. The van der Waals surface area contributed by atoms with Crippen LogP contribution >= 0.6 is 0 Å². The Kier molecular flexibility index (Phi) is 3.53. The highest BCUT2D eigenvalue weighted by atomic mass is 16.6. The van der Waals surface area contributed by atoms with Crippen molar-refractivity contribution in [3.63, 3.8) is 0 Å². The SMILES string of the molecule is CN(c1ccc(C#N)cc1)c1ccc([N+](=O)[O-])c(N)c1. The van der Waals surface area contributed by atoms with E-state index in [1.54, 1.807) is 36.4 Å². The van der Waals surface area contributed by atoms with E-state index in [-0.39, 0.29) is 11.4 Å². The van der Waals surface area contributed by atoms with Crippen molar-refractivity contribution < 1.29 is 4.92 Å². The van der Waals surface area contributed by atoms with Gasteiger partial charge in [0.15, 0.2) is 0 Å². The van der Waals surface area contributed by atoms with Crippen LogP contribution in [0.2, 0.25) is 0 Å². The van der Waals surface area contributed by atoms with Gasteiger partial charge in [0.1, 0.15) is 5.69 Å². The summed E-state index contributed by atoms with van der Waals surface area (Å²) in [4.78, 5) is 12.0. The third kappa shape index (κ3) is 2.52. The molecule has 6 nitrogen and oxygen atoms in total. The van der Waals surface area contributed by atoms with Gasteiger partial charge in [-0.25, -0.2) is 0 Å². The highest BCUT2D eigenvalue weighted by Crippen LogP contribution is 2.30. The number of nitro groups is 1. The summed E-state index contributed by atoms with van der Waals surface area (Å²) in [6, 6.07) is 13.6. The molecule has 0 bridgehead atoms. The van der Waals surface area contributed by atoms with Crippen molar-refractivity contribution in [2.45, 2.75) is 0 Å². The van der Waals surface area contributed by atoms with Crippen LogP contribution in [-0.2, 0) is 0 Å². The molecule has 0 fully saturated rings. The van der Waals surface area contributed by atoms with Gasteiger partial charge in [0.2, 0.25) is 0 Å². The molecule has 0 aliphatic rings. The number of nitro benzene ring substituents is 1. The van der Waals surface area contributed by atoms with Crippen LogP contribution in [0.3, 0.4) is 0 Å². The first-order chi connectivity index (χ1) is 9.52. The molecule has 100 valence electrons. The average molecular weight is 268 g/mol. The van der Waals surface area contributed by atoms with Gasteiger partial charge in [0.05, 0.1) is 16.6 Å². The van der Waals surface area contributed by atoms with Crippen molar-refractivity contribution >= 4 is 22.7 Å². The van der Waals surface area contributed by atoms with Crippen molar-refractivity contribution in [1.29, 1.82) is 5.26 Å². The second-order valence-electron chi connectivity index (χ2n) is 4.22. The van der Waals surface area contributed by atoms with E-state index in [0.717, 1.165) is 11.4 Å². The number of hydrogen-bond donors (Lipinski definition) is 1. The van der Waals surface area contributed by atoms with Crippen LogP contribution in [0, 0.1) is 21.4 Å². The number of nitrogens with zero attached hydrogens (tertiary/aromatic N) is 3. The molecule has 2 aromatic rings. The van der Waals surface area contributed by atoms with Crippen LogP contribution in [0.15, 0.2) is 42.5 Å². The number of rotatable bonds is 3. The Labute approximate surface area is 115 Å². The third-order valence-corrected chi connectivity index (χ3v) is 2.98. The van der Waals surface area contributed by atoms with Crippen molar-refractivity contribution in [2.24, 2.45) is 0 Å². The van der Waals surface area contributed by atoms with Crippen LogP contribution in [0.1, 0.15) is 5.56 Å². The van der Waals surface area contributed by atoms with E-state index in [1.165, 1.54) is 6.07 Å². The molecule has 0 aromatic heterocycles. The van der Waals surface area contributed by atoms with Gasteiger partial charge in [0.25, 0.3) is 5.69 Å². The maximum absolute atomic E-state index is 10.7. The van der Waals surface area contributed by atoms with E-state index < -0.39 is 4.92 Å². The molecule has 0 unspecified atom stereocenters. The fourth-order valence-electron chi connectivity index (χ4n) is 1.83. The van der Waals surface area contributed by atoms with Crippen LogP contribution in [0.4, 0.5) is 22.7 Å². The molecular weight excluding hydrogens is 256 g/mol. The lowest BCUT2D eigenvalue weighted by Gasteiger charge is -2.19. The zero-order chi connectivity index (χ0) is 14.7. The van der Waals surface area contributed by atoms with Gasteiger partial charge in [-0.1, -0.05) is 0 Å². The van der Waals surface area contributed by atoms with E-state index >= 15 is 0 Å². The Morgan fingerprint density at radius 2 is 1.80 bits per heavy atom. The highest BCUT2D eigenvalue weighted by Gasteiger charge is 2.13. The summed E-state index contributed by atoms with van der Waals surface area (Å²) in [7, 11) is 1.82. The van der Waals surface area contributed by atoms with E-state index in [9.17, 15) is 10.1 Å². The number of hydrogen-bond acceptors (Lipinski definition) is 5. The lowest BCUT2D eigenvalue weighted by molar-refractivity contribution is -0.383. The zero-order valence-corrected chi connectivity index (χ0v) is 10.8. The molecule has 2 aromatic carbocycles. The van der Waals surface area contributed by atoms with Gasteiger partial charge >= 0.3 is 0 Å². The average Bonchev–Trinajstić information content (AvgIpc) is 2.46. The monoisotopic (exact) mass is 268 g/mol. The number of nitrogen functional groups attached to an aromatic ring is 1. The molecule has 0 aliphatic heterocycles. The molecule has 2 rings (SSSR count). The van der Waals surface area contributed by atoms with Crippen molar-refractivity contribution in [3.8, 4) is 6.07 Å². The van der Waals surface area contributed by atoms with E-state index in [4.69, 9.17) is 11.0 Å². The fraction of sp³-hybridized carbons (Fsp3) is 0.0714. The molecule has 0 aliphatic carbocycles. The number of nitrogens with two attached hydrogens (primary N) is 1. The van der Waals surface area contributed by atoms with Gasteiger partial charge in [0, 0.05) is 24.5 Å². The lowest BCUT2D eigenvalue weighted by Crippen LogP contribution is -2.10. The Balaban J connectivity index is 2.33. The summed E-state index contributed by atoms with van der Waals surface area (Å²) >= 11 is 0. The first-order valence-corrected chi connectivity index (χ1v) is 5.80. The lowest BCUT2D eigenvalue weighted by atomic mass is 10.2. The molecule has 0 radical (unpaired) electrons. The highest BCUT2D eigenvalue weighted by molar-refractivity contribution is 5.71. The van der Waals surface area contributed by atoms with Crippen LogP contribution in [0.25, 0.3) is 0 Å². The predicted octanol–water partition coefficient (Wildman–Crippen LogP) is 2.82. The van der Waals surface area contributed by atoms with Crippen molar-refractivity contribution in [3.05, 3.63) is 58.1 Å².